The average Bonchev–Trinajstić information content (AvgIpc) is 2.34. The van der Waals surface area contributed by atoms with E-state index in [-0.39, 0.29) is 18.4 Å². The van der Waals surface area contributed by atoms with Gasteiger partial charge in [0.05, 0.1) is 12.6 Å². The number of nitrogens with one attached hydrogen (secondary N) is 1. The first-order chi connectivity index (χ1) is 8.67. The zero-order chi connectivity index (χ0) is 13.4. The summed E-state index contributed by atoms with van der Waals surface area (Å²) < 4.78 is 36.4. The number of methoxy groups -OCH3 is 1. The first-order valence-electron chi connectivity index (χ1n) is 5.97. The van der Waals surface area contributed by atoms with E-state index in [4.69, 9.17) is 9.47 Å². The van der Waals surface area contributed by atoms with E-state index in [1.165, 1.54) is 12.1 Å². The largest absolute Gasteiger partial charge is 0.489 e. The van der Waals surface area contributed by atoms with Crippen LogP contribution < -0.4 is 10.1 Å². The van der Waals surface area contributed by atoms with E-state index >= 15 is 0 Å². The molecule has 0 aliphatic rings. The van der Waals surface area contributed by atoms with Gasteiger partial charge in [-0.05, 0) is 25.1 Å². The van der Waals surface area contributed by atoms with Crippen LogP contribution in [-0.2, 0) is 4.74 Å². The maximum absolute atomic E-state index is 13.3. The molecule has 1 rings (SSSR count). The summed E-state index contributed by atoms with van der Waals surface area (Å²) in [6, 6.07) is 3.25. The summed E-state index contributed by atoms with van der Waals surface area (Å²) in [7, 11) is 1.60. The molecule has 1 N–H and O–H groups in total. The highest BCUT2D eigenvalue weighted by Gasteiger charge is 2.10. The number of rotatable bonds is 8. The summed E-state index contributed by atoms with van der Waals surface area (Å²) in [4.78, 5) is 0. The number of hydrogen-bond acceptors (Lipinski definition) is 3. The van der Waals surface area contributed by atoms with Crippen LogP contribution >= 0.6 is 0 Å². The van der Waals surface area contributed by atoms with E-state index in [2.05, 4.69) is 12.2 Å². The van der Waals surface area contributed by atoms with Crippen molar-refractivity contribution in [1.82, 2.24) is 5.32 Å². The Kier molecular flexibility index (Phi) is 6.60. The second kappa shape index (κ2) is 8.00. The van der Waals surface area contributed by atoms with Gasteiger partial charge in [-0.1, -0.05) is 6.92 Å². The molecule has 1 aromatic carbocycles. The van der Waals surface area contributed by atoms with Gasteiger partial charge < -0.3 is 14.8 Å². The first-order valence-corrected chi connectivity index (χ1v) is 5.97. The van der Waals surface area contributed by atoms with Crippen LogP contribution in [0.3, 0.4) is 0 Å². The fraction of sp³-hybridized carbons (Fsp3) is 0.538. The standard InChI is InChI=1S/C13H19F2NO2/c1-3-6-16-11(8-17-2)9-18-13-5-4-10(14)7-12(13)15/h4-5,7,11,16H,3,6,8-9H2,1-2H3. The van der Waals surface area contributed by atoms with Crippen LogP contribution in [0.15, 0.2) is 18.2 Å². The van der Waals surface area contributed by atoms with Gasteiger partial charge >= 0.3 is 0 Å². The summed E-state index contributed by atoms with van der Waals surface area (Å²) in [6.07, 6.45) is 0.991. The van der Waals surface area contributed by atoms with Crippen molar-refractivity contribution in [3.05, 3.63) is 29.8 Å². The molecule has 0 heterocycles. The van der Waals surface area contributed by atoms with E-state index in [1.807, 2.05) is 0 Å². The highest BCUT2D eigenvalue weighted by atomic mass is 19.1. The van der Waals surface area contributed by atoms with Crippen LogP contribution in [0, 0.1) is 11.6 Å². The molecule has 1 atom stereocenters. The molecule has 0 aliphatic carbocycles. The normalized spacial score (nSPS) is 12.4. The monoisotopic (exact) mass is 259 g/mol. The van der Waals surface area contributed by atoms with Crippen LogP contribution in [0.1, 0.15) is 13.3 Å². The van der Waals surface area contributed by atoms with Gasteiger partial charge in [0, 0.05) is 13.2 Å². The molecule has 0 spiro atoms. The maximum atomic E-state index is 13.3. The second-order valence-electron chi connectivity index (χ2n) is 3.99. The smallest absolute Gasteiger partial charge is 0.167 e. The van der Waals surface area contributed by atoms with Crippen molar-refractivity contribution < 1.29 is 18.3 Å². The number of halogens is 2. The zero-order valence-electron chi connectivity index (χ0n) is 10.7. The minimum absolute atomic E-state index is 0.0144. The lowest BCUT2D eigenvalue weighted by atomic mass is 10.3. The van der Waals surface area contributed by atoms with E-state index < -0.39 is 11.6 Å². The molecule has 5 heteroatoms. The summed E-state index contributed by atoms with van der Waals surface area (Å²) in [5.74, 6) is -1.25. The molecule has 3 nitrogen and oxygen atoms in total. The predicted octanol–water partition coefficient (Wildman–Crippen LogP) is 2.36. The summed E-state index contributed by atoms with van der Waals surface area (Å²) in [5, 5.41) is 3.22. The van der Waals surface area contributed by atoms with Crippen LogP contribution in [-0.4, -0.2) is 32.9 Å². The Labute approximate surface area is 106 Å². The Morgan fingerprint density at radius 1 is 1.28 bits per heavy atom. The number of ether oxygens (including phenoxy) is 2. The Hall–Kier alpha value is -1.20. The molecule has 0 amide bonds. The lowest BCUT2D eigenvalue weighted by Crippen LogP contribution is -2.38. The fourth-order valence-corrected chi connectivity index (χ4v) is 1.50. The zero-order valence-corrected chi connectivity index (χ0v) is 10.7. The summed E-state index contributed by atoms with van der Waals surface area (Å²) >= 11 is 0. The van der Waals surface area contributed by atoms with Crippen LogP contribution in [0.5, 0.6) is 5.75 Å². The molecule has 18 heavy (non-hydrogen) atoms. The van der Waals surface area contributed by atoms with Crippen molar-refractivity contribution in [2.75, 3.05) is 26.9 Å². The van der Waals surface area contributed by atoms with E-state index in [0.29, 0.717) is 6.61 Å². The van der Waals surface area contributed by atoms with Gasteiger partial charge in [-0.25, -0.2) is 8.78 Å². The van der Waals surface area contributed by atoms with Crippen LogP contribution in [0.4, 0.5) is 8.78 Å². The third-order valence-corrected chi connectivity index (χ3v) is 2.38. The molecule has 102 valence electrons. The molecule has 0 bridgehead atoms. The minimum atomic E-state index is -0.693. The fourth-order valence-electron chi connectivity index (χ4n) is 1.50. The Morgan fingerprint density at radius 2 is 2.06 bits per heavy atom. The number of hydrogen-bond donors (Lipinski definition) is 1. The molecule has 0 saturated carbocycles. The third-order valence-electron chi connectivity index (χ3n) is 2.38. The van der Waals surface area contributed by atoms with Gasteiger partial charge in [0.1, 0.15) is 12.4 Å². The molecular formula is C13H19F2NO2. The van der Waals surface area contributed by atoms with E-state index in [9.17, 15) is 8.78 Å². The van der Waals surface area contributed by atoms with Gasteiger partial charge in [-0.15, -0.1) is 0 Å². The van der Waals surface area contributed by atoms with E-state index in [0.717, 1.165) is 19.0 Å². The van der Waals surface area contributed by atoms with Crippen molar-refractivity contribution >= 4 is 0 Å². The van der Waals surface area contributed by atoms with Crippen LogP contribution in [0.25, 0.3) is 0 Å². The Bertz CT molecular complexity index is 361. The molecule has 0 fully saturated rings. The summed E-state index contributed by atoms with van der Waals surface area (Å²) in [5.41, 5.74) is 0. The molecule has 0 saturated heterocycles. The Balaban J connectivity index is 2.49. The lowest BCUT2D eigenvalue weighted by Gasteiger charge is -2.18. The predicted molar refractivity (Wildman–Crippen MR) is 65.8 cm³/mol. The quantitative estimate of drug-likeness (QED) is 0.777. The molecule has 1 unspecified atom stereocenters. The van der Waals surface area contributed by atoms with Crippen molar-refractivity contribution in [2.45, 2.75) is 19.4 Å². The van der Waals surface area contributed by atoms with Gasteiger partial charge in [0.2, 0.25) is 0 Å². The minimum Gasteiger partial charge on any atom is -0.489 e. The van der Waals surface area contributed by atoms with E-state index in [1.54, 1.807) is 7.11 Å². The van der Waals surface area contributed by atoms with Crippen molar-refractivity contribution in [2.24, 2.45) is 0 Å². The van der Waals surface area contributed by atoms with Gasteiger partial charge in [0.25, 0.3) is 0 Å². The topological polar surface area (TPSA) is 30.5 Å². The average molecular weight is 259 g/mol. The van der Waals surface area contributed by atoms with Crippen molar-refractivity contribution in [3.8, 4) is 5.75 Å². The first kappa shape index (κ1) is 14.9. The second-order valence-corrected chi connectivity index (χ2v) is 3.99. The maximum Gasteiger partial charge on any atom is 0.167 e. The Morgan fingerprint density at radius 3 is 2.67 bits per heavy atom. The molecule has 0 aliphatic heterocycles. The highest BCUT2D eigenvalue weighted by Crippen LogP contribution is 2.17. The van der Waals surface area contributed by atoms with Crippen molar-refractivity contribution in [3.63, 3.8) is 0 Å². The van der Waals surface area contributed by atoms with Gasteiger partial charge in [0.15, 0.2) is 11.6 Å². The molecule has 0 radical (unpaired) electrons. The lowest BCUT2D eigenvalue weighted by molar-refractivity contribution is 0.134. The number of benzene rings is 1. The van der Waals surface area contributed by atoms with Crippen molar-refractivity contribution in [1.29, 1.82) is 0 Å². The highest BCUT2D eigenvalue weighted by molar-refractivity contribution is 5.24. The van der Waals surface area contributed by atoms with Gasteiger partial charge in [-0.3, -0.25) is 0 Å². The van der Waals surface area contributed by atoms with Crippen LogP contribution in [0.2, 0.25) is 0 Å². The molecular weight excluding hydrogens is 240 g/mol. The third kappa shape index (κ3) is 4.98. The molecule has 1 aromatic rings. The van der Waals surface area contributed by atoms with Gasteiger partial charge in [-0.2, -0.15) is 0 Å². The molecule has 0 aromatic heterocycles. The SMILES string of the molecule is CCCNC(COC)COc1ccc(F)cc1F. The summed E-state index contributed by atoms with van der Waals surface area (Å²) in [6.45, 7) is 3.64.